The maximum atomic E-state index is 9.33. The minimum absolute atomic E-state index is 0.283. The maximum Gasteiger partial charge on any atom is 0.120 e. The molecule has 0 amide bonds. The van der Waals surface area contributed by atoms with Crippen molar-refractivity contribution in [2.75, 3.05) is 5.73 Å². The summed E-state index contributed by atoms with van der Waals surface area (Å²) in [5, 5.41) is 9.33. The number of rotatable bonds is 0. The van der Waals surface area contributed by atoms with Crippen LogP contribution in [0.4, 0.5) is 5.69 Å². The zero-order valence-corrected chi connectivity index (χ0v) is 7.10. The Morgan fingerprint density at radius 2 is 1.64 bits per heavy atom. The highest BCUT2D eigenvalue weighted by molar-refractivity contribution is 5.58. The van der Waals surface area contributed by atoms with Gasteiger partial charge < -0.3 is 10.8 Å². The van der Waals surface area contributed by atoms with Crippen LogP contribution in [-0.4, -0.2) is 5.11 Å². The van der Waals surface area contributed by atoms with Crippen LogP contribution >= 0.6 is 0 Å². The molecule has 2 nitrogen and oxygen atoms in total. The topological polar surface area (TPSA) is 46.2 Å². The first-order chi connectivity index (χ1) is 5.04. The normalized spacial score (nSPS) is 10.1. The van der Waals surface area contributed by atoms with Crippen molar-refractivity contribution >= 4 is 5.69 Å². The van der Waals surface area contributed by atoms with Gasteiger partial charge in [-0.3, -0.25) is 0 Å². The average Bonchev–Trinajstić information content (AvgIpc) is 1.97. The van der Waals surface area contributed by atoms with Crippen LogP contribution in [-0.2, 0) is 0 Å². The lowest BCUT2D eigenvalue weighted by Gasteiger charge is -2.09. The lowest BCUT2D eigenvalue weighted by Crippen LogP contribution is -1.94. The van der Waals surface area contributed by atoms with E-state index >= 15 is 0 Å². The van der Waals surface area contributed by atoms with E-state index in [1.54, 1.807) is 6.07 Å². The number of anilines is 1. The van der Waals surface area contributed by atoms with Crippen molar-refractivity contribution < 1.29 is 5.11 Å². The number of phenolic OH excluding ortho intramolecular Hbond substituents is 1. The fourth-order valence-corrected chi connectivity index (χ4v) is 1.05. The van der Waals surface area contributed by atoms with E-state index in [2.05, 4.69) is 0 Å². The summed E-state index contributed by atoms with van der Waals surface area (Å²) in [4.78, 5) is 0. The Hall–Kier alpha value is -1.18. The first-order valence-electron chi connectivity index (χ1n) is 3.59. The van der Waals surface area contributed by atoms with Crippen molar-refractivity contribution in [2.45, 2.75) is 20.8 Å². The Kier molecular flexibility index (Phi) is 1.77. The summed E-state index contributed by atoms with van der Waals surface area (Å²) in [7, 11) is 0. The first-order valence-corrected chi connectivity index (χ1v) is 3.59. The zero-order valence-electron chi connectivity index (χ0n) is 7.10. The molecule has 0 bridgehead atoms. The summed E-state index contributed by atoms with van der Waals surface area (Å²) in [6.07, 6.45) is 0. The third kappa shape index (κ3) is 1.16. The highest BCUT2D eigenvalue weighted by Gasteiger charge is 2.05. The van der Waals surface area contributed by atoms with Gasteiger partial charge in [0, 0.05) is 11.8 Å². The maximum absolute atomic E-state index is 9.33. The second-order valence-electron chi connectivity index (χ2n) is 2.86. The number of nitrogens with two attached hydrogens (primary N) is 1. The molecule has 0 fully saturated rings. The molecule has 11 heavy (non-hydrogen) atoms. The van der Waals surface area contributed by atoms with Crippen molar-refractivity contribution in [3.63, 3.8) is 0 Å². The van der Waals surface area contributed by atoms with Gasteiger partial charge in [-0.25, -0.2) is 0 Å². The van der Waals surface area contributed by atoms with Gasteiger partial charge in [0.1, 0.15) is 5.75 Å². The standard InChI is InChI=1S/C9H13NO/c1-5-6(2)8(10)4-9(11)7(5)3/h4,11H,10H2,1-3H3. The van der Waals surface area contributed by atoms with Crippen molar-refractivity contribution in [3.8, 4) is 5.75 Å². The van der Waals surface area contributed by atoms with E-state index < -0.39 is 0 Å². The quantitative estimate of drug-likeness (QED) is 0.556. The second-order valence-corrected chi connectivity index (χ2v) is 2.86. The van der Waals surface area contributed by atoms with E-state index in [4.69, 9.17) is 5.73 Å². The molecule has 0 heterocycles. The highest BCUT2D eigenvalue weighted by atomic mass is 16.3. The van der Waals surface area contributed by atoms with Gasteiger partial charge in [0.15, 0.2) is 0 Å². The lowest BCUT2D eigenvalue weighted by atomic mass is 10.0. The molecule has 0 saturated carbocycles. The molecule has 2 heteroatoms. The Morgan fingerprint density at radius 3 is 2.18 bits per heavy atom. The highest BCUT2D eigenvalue weighted by Crippen LogP contribution is 2.27. The van der Waals surface area contributed by atoms with Crippen LogP contribution in [0.25, 0.3) is 0 Å². The minimum atomic E-state index is 0.283. The summed E-state index contributed by atoms with van der Waals surface area (Å²) >= 11 is 0. The lowest BCUT2D eigenvalue weighted by molar-refractivity contribution is 0.470. The van der Waals surface area contributed by atoms with Crippen LogP contribution in [0.5, 0.6) is 5.75 Å². The summed E-state index contributed by atoms with van der Waals surface area (Å²) in [6, 6.07) is 1.59. The van der Waals surface area contributed by atoms with Gasteiger partial charge in [-0.1, -0.05) is 0 Å². The molecule has 1 aromatic carbocycles. The second kappa shape index (κ2) is 2.46. The summed E-state index contributed by atoms with van der Waals surface area (Å²) < 4.78 is 0. The Morgan fingerprint density at radius 1 is 1.09 bits per heavy atom. The van der Waals surface area contributed by atoms with E-state index in [0.717, 1.165) is 16.7 Å². The molecule has 0 aromatic heterocycles. The van der Waals surface area contributed by atoms with Crippen molar-refractivity contribution in [1.29, 1.82) is 0 Å². The van der Waals surface area contributed by atoms with E-state index in [1.807, 2.05) is 20.8 Å². The number of aromatic hydroxyl groups is 1. The van der Waals surface area contributed by atoms with Crippen LogP contribution in [0.1, 0.15) is 16.7 Å². The molecule has 0 aliphatic rings. The number of hydrogen-bond acceptors (Lipinski definition) is 2. The number of nitrogen functional groups attached to an aromatic ring is 1. The number of phenols is 1. The van der Waals surface area contributed by atoms with Gasteiger partial charge in [-0.05, 0) is 37.5 Å². The summed E-state index contributed by atoms with van der Waals surface area (Å²) in [6.45, 7) is 5.80. The fraction of sp³-hybridized carbons (Fsp3) is 0.333. The largest absolute Gasteiger partial charge is 0.508 e. The van der Waals surface area contributed by atoms with Crippen molar-refractivity contribution in [3.05, 3.63) is 22.8 Å². The van der Waals surface area contributed by atoms with Crippen LogP contribution in [0.3, 0.4) is 0 Å². The molecule has 0 aliphatic carbocycles. The monoisotopic (exact) mass is 151 g/mol. The van der Waals surface area contributed by atoms with E-state index in [1.165, 1.54) is 0 Å². The fourth-order valence-electron chi connectivity index (χ4n) is 1.05. The van der Waals surface area contributed by atoms with E-state index in [-0.39, 0.29) is 5.75 Å². The van der Waals surface area contributed by atoms with Crippen LogP contribution in [0.15, 0.2) is 6.07 Å². The SMILES string of the molecule is Cc1c(N)cc(O)c(C)c1C. The molecule has 0 spiro atoms. The molecular weight excluding hydrogens is 138 g/mol. The Labute approximate surface area is 66.7 Å². The third-order valence-corrected chi connectivity index (χ3v) is 2.23. The van der Waals surface area contributed by atoms with Gasteiger partial charge in [0.05, 0.1) is 0 Å². The molecule has 1 rings (SSSR count). The van der Waals surface area contributed by atoms with Gasteiger partial charge in [0.2, 0.25) is 0 Å². The molecule has 60 valence electrons. The first kappa shape index (κ1) is 7.92. The molecular formula is C9H13NO. The van der Waals surface area contributed by atoms with Crippen molar-refractivity contribution in [1.82, 2.24) is 0 Å². The van der Waals surface area contributed by atoms with Crippen LogP contribution in [0.2, 0.25) is 0 Å². The molecule has 0 atom stereocenters. The molecule has 0 unspecified atom stereocenters. The van der Waals surface area contributed by atoms with Gasteiger partial charge in [-0.2, -0.15) is 0 Å². The van der Waals surface area contributed by atoms with Crippen LogP contribution < -0.4 is 5.73 Å². The zero-order chi connectivity index (χ0) is 8.59. The Balaban J connectivity index is 3.46. The summed E-state index contributed by atoms with van der Waals surface area (Å²) in [5.41, 5.74) is 9.33. The smallest absolute Gasteiger partial charge is 0.120 e. The molecule has 0 saturated heterocycles. The van der Waals surface area contributed by atoms with E-state index in [0.29, 0.717) is 5.69 Å². The number of benzene rings is 1. The van der Waals surface area contributed by atoms with E-state index in [9.17, 15) is 5.11 Å². The van der Waals surface area contributed by atoms with Crippen LogP contribution in [0, 0.1) is 20.8 Å². The third-order valence-electron chi connectivity index (χ3n) is 2.23. The molecule has 0 radical (unpaired) electrons. The summed E-state index contributed by atoms with van der Waals surface area (Å²) in [5.74, 6) is 0.283. The molecule has 0 aliphatic heterocycles. The van der Waals surface area contributed by atoms with Gasteiger partial charge in [0.25, 0.3) is 0 Å². The minimum Gasteiger partial charge on any atom is -0.508 e. The van der Waals surface area contributed by atoms with Gasteiger partial charge in [-0.15, -0.1) is 0 Å². The average molecular weight is 151 g/mol. The predicted molar refractivity (Wildman–Crippen MR) is 46.7 cm³/mol. The van der Waals surface area contributed by atoms with Gasteiger partial charge >= 0.3 is 0 Å². The predicted octanol–water partition coefficient (Wildman–Crippen LogP) is 1.90. The van der Waals surface area contributed by atoms with Crippen molar-refractivity contribution in [2.24, 2.45) is 0 Å². The Bertz CT molecular complexity index is 266. The molecule has 3 N–H and O–H groups in total. The molecule has 1 aromatic rings. The number of hydrogen-bond donors (Lipinski definition) is 2.